The minimum Gasteiger partial charge on any atom is -0.383 e. The Kier molecular flexibility index (Phi) is 5.90. The number of carbonyl (C=O) groups excluding carboxylic acids is 2. The molecule has 3 aliphatic heterocycles. The number of rotatable bonds is 5. The number of nitrogens with zero attached hydrogens (tertiary/aromatic N) is 5. The summed E-state index contributed by atoms with van der Waals surface area (Å²) in [5.41, 5.74) is 1.34. The van der Waals surface area contributed by atoms with Crippen LogP contribution in [-0.2, 0) is 16.1 Å². The van der Waals surface area contributed by atoms with Crippen LogP contribution in [0.3, 0.4) is 0 Å². The lowest BCUT2D eigenvalue weighted by Gasteiger charge is -2.40. The Labute approximate surface area is 193 Å². The maximum Gasteiger partial charge on any atom is 0.325 e. The summed E-state index contributed by atoms with van der Waals surface area (Å²) in [6, 6.07) is 14.1. The number of methoxy groups -OCH3 is 1. The Hall–Kier alpha value is -3.17. The molecule has 33 heavy (non-hydrogen) atoms. The lowest BCUT2D eigenvalue weighted by atomic mass is 10.0. The molecular formula is C24H30N6O3. The summed E-state index contributed by atoms with van der Waals surface area (Å²) in [7, 11) is 3.33. The molecule has 174 valence electrons. The first-order valence-electron chi connectivity index (χ1n) is 11.4. The maximum absolute atomic E-state index is 12.7. The number of nitrogens with one attached hydrogen (secondary N) is 1. The van der Waals surface area contributed by atoms with Gasteiger partial charge in [-0.15, -0.1) is 0 Å². The predicted molar refractivity (Wildman–Crippen MR) is 126 cm³/mol. The van der Waals surface area contributed by atoms with Crippen LogP contribution in [0.4, 0.5) is 4.79 Å². The zero-order valence-electron chi connectivity index (χ0n) is 19.1. The molecule has 9 nitrogen and oxygen atoms in total. The molecule has 2 saturated heterocycles. The molecule has 0 aliphatic carbocycles. The van der Waals surface area contributed by atoms with Crippen molar-refractivity contribution in [2.75, 3.05) is 53.5 Å². The number of amides is 3. The van der Waals surface area contributed by atoms with Crippen LogP contribution in [0.5, 0.6) is 0 Å². The number of likely N-dealkylation sites (N-methyl/N-ethyl adjacent to an activating group) is 1. The van der Waals surface area contributed by atoms with Gasteiger partial charge in [-0.2, -0.15) is 0 Å². The SMILES string of the molecule is COCCN1C(N2CCN(Cc3cccc4ccccc34)CC2)=NC2C1C(=O)NC(=O)N2C. The molecule has 2 fully saturated rings. The highest BCUT2D eigenvalue weighted by molar-refractivity contribution is 6.03. The molecule has 9 heteroatoms. The van der Waals surface area contributed by atoms with E-state index in [1.54, 1.807) is 14.2 Å². The second-order valence-electron chi connectivity index (χ2n) is 8.78. The number of fused-ring (bicyclic) bond motifs is 2. The first-order valence-corrected chi connectivity index (χ1v) is 11.4. The van der Waals surface area contributed by atoms with E-state index in [9.17, 15) is 9.59 Å². The van der Waals surface area contributed by atoms with Gasteiger partial charge in [0.2, 0.25) is 0 Å². The molecule has 3 amide bonds. The van der Waals surface area contributed by atoms with E-state index in [-0.39, 0.29) is 5.91 Å². The third-order valence-electron chi connectivity index (χ3n) is 6.80. The van der Waals surface area contributed by atoms with Crippen molar-refractivity contribution in [2.24, 2.45) is 4.99 Å². The van der Waals surface area contributed by atoms with Gasteiger partial charge < -0.3 is 19.4 Å². The van der Waals surface area contributed by atoms with Crippen LogP contribution in [0, 0.1) is 0 Å². The van der Waals surface area contributed by atoms with Crippen LogP contribution >= 0.6 is 0 Å². The minimum atomic E-state index is -0.522. The van der Waals surface area contributed by atoms with E-state index in [0.29, 0.717) is 13.2 Å². The van der Waals surface area contributed by atoms with E-state index in [2.05, 4.69) is 57.6 Å². The van der Waals surface area contributed by atoms with Crippen LogP contribution in [-0.4, -0.2) is 103 Å². The van der Waals surface area contributed by atoms with Gasteiger partial charge in [0.05, 0.1) is 6.61 Å². The highest BCUT2D eigenvalue weighted by Gasteiger charge is 2.49. The summed E-state index contributed by atoms with van der Waals surface area (Å²) in [4.78, 5) is 37.8. The van der Waals surface area contributed by atoms with E-state index in [4.69, 9.17) is 9.73 Å². The van der Waals surface area contributed by atoms with Crippen LogP contribution in [0.1, 0.15) is 5.56 Å². The largest absolute Gasteiger partial charge is 0.383 e. The van der Waals surface area contributed by atoms with Crippen LogP contribution < -0.4 is 5.32 Å². The topological polar surface area (TPSA) is 80.7 Å². The van der Waals surface area contributed by atoms with E-state index in [1.807, 2.05) is 4.90 Å². The number of hydrogen-bond donors (Lipinski definition) is 1. The molecule has 2 atom stereocenters. The van der Waals surface area contributed by atoms with Gasteiger partial charge in [0.1, 0.15) is 0 Å². The van der Waals surface area contributed by atoms with Crippen molar-refractivity contribution in [2.45, 2.75) is 18.8 Å². The fraction of sp³-hybridized carbons (Fsp3) is 0.458. The molecule has 0 saturated carbocycles. The Bertz CT molecular complexity index is 1080. The molecule has 2 unspecified atom stereocenters. The van der Waals surface area contributed by atoms with Crippen molar-refractivity contribution in [1.82, 2.24) is 24.9 Å². The number of imide groups is 1. The summed E-state index contributed by atoms with van der Waals surface area (Å²) in [6.07, 6.45) is -0.508. The normalized spacial score (nSPS) is 23.7. The quantitative estimate of drug-likeness (QED) is 0.736. The van der Waals surface area contributed by atoms with Crippen LogP contribution in [0.25, 0.3) is 10.8 Å². The van der Waals surface area contributed by atoms with Gasteiger partial charge in [0, 0.05) is 53.4 Å². The second-order valence-corrected chi connectivity index (χ2v) is 8.78. The van der Waals surface area contributed by atoms with E-state index < -0.39 is 18.2 Å². The van der Waals surface area contributed by atoms with Gasteiger partial charge in [0.25, 0.3) is 5.91 Å². The summed E-state index contributed by atoms with van der Waals surface area (Å²) < 4.78 is 5.29. The van der Waals surface area contributed by atoms with Gasteiger partial charge in [-0.25, -0.2) is 9.79 Å². The third-order valence-corrected chi connectivity index (χ3v) is 6.80. The number of carbonyl (C=O) groups is 2. The van der Waals surface area contributed by atoms with Crippen LogP contribution in [0.2, 0.25) is 0 Å². The van der Waals surface area contributed by atoms with E-state index in [1.165, 1.54) is 21.2 Å². The van der Waals surface area contributed by atoms with E-state index >= 15 is 0 Å². The molecule has 2 aromatic carbocycles. The standard InChI is InChI=1S/C24H30N6O3/c1-27-21-20(22(31)26-24(27)32)30(14-15-33-2)23(25-21)29-12-10-28(11-13-29)16-18-8-5-7-17-6-3-4-9-19(17)18/h3-9,20-21H,10-16H2,1-2H3,(H,26,31,32). The van der Waals surface area contributed by atoms with E-state index in [0.717, 1.165) is 38.7 Å². The number of guanidine groups is 1. The highest BCUT2D eigenvalue weighted by atomic mass is 16.5. The Balaban J connectivity index is 1.30. The second kappa shape index (κ2) is 8.99. The zero-order chi connectivity index (χ0) is 22.9. The first kappa shape index (κ1) is 21.7. The van der Waals surface area contributed by atoms with Gasteiger partial charge in [-0.1, -0.05) is 42.5 Å². The molecular weight excluding hydrogens is 420 g/mol. The predicted octanol–water partition coefficient (Wildman–Crippen LogP) is 1.15. The molecule has 5 rings (SSSR count). The number of piperazine rings is 1. The molecule has 0 bridgehead atoms. The third kappa shape index (κ3) is 4.02. The van der Waals surface area contributed by atoms with Crippen molar-refractivity contribution in [3.63, 3.8) is 0 Å². The molecule has 2 aromatic rings. The Morgan fingerprint density at radius 3 is 2.61 bits per heavy atom. The molecule has 3 aliphatic rings. The zero-order valence-corrected chi connectivity index (χ0v) is 19.1. The Morgan fingerprint density at radius 2 is 1.82 bits per heavy atom. The van der Waals surface area contributed by atoms with Gasteiger partial charge in [-0.3, -0.25) is 15.0 Å². The summed E-state index contributed by atoms with van der Waals surface area (Å²) >= 11 is 0. The van der Waals surface area contributed by atoms with Crippen LogP contribution in [0.15, 0.2) is 47.5 Å². The fourth-order valence-electron chi connectivity index (χ4n) is 4.98. The average molecular weight is 451 g/mol. The van der Waals surface area contributed by atoms with Gasteiger partial charge in [-0.05, 0) is 16.3 Å². The maximum atomic E-state index is 12.7. The monoisotopic (exact) mass is 450 g/mol. The number of aliphatic imine (C=N–C) groups is 1. The molecule has 1 N–H and O–H groups in total. The number of benzene rings is 2. The number of ether oxygens (including phenoxy) is 1. The lowest BCUT2D eigenvalue weighted by molar-refractivity contribution is -0.127. The molecule has 0 spiro atoms. The summed E-state index contributed by atoms with van der Waals surface area (Å²) in [6.45, 7) is 5.35. The smallest absolute Gasteiger partial charge is 0.325 e. The Morgan fingerprint density at radius 1 is 1.06 bits per heavy atom. The fourth-order valence-corrected chi connectivity index (χ4v) is 4.98. The summed E-state index contributed by atoms with van der Waals surface area (Å²) in [5, 5.41) is 5.01. The van der Waals surface area contributed by atoms with Crippen molar-refractivity contribution >= 4 is 28.7 Å². The number of hydrogen-bond acceptors (Lipinski definition) is 7. The average Bonchev–Trinajstić information content (AvgIpc) is 3.22. The molecule has 0 radical (unpaired) electrons. The highest BCUT2D eigenvalue weighted by Crippen LogP contribution is 2.26. The lowest BCUT2D eigenvalue weighted by Crippen LogP contribution is -2.65. The molecule has 0 aromatic heterocycles. The van der Waals surface area contributed by atoms with Crippen molar-refractivity contribution < 1.29 is 14.3 Å². The van der Waals surface area contributed by atoms with Gasteiger partial charge >= 0.3 is 6.03 Å². The molecule has 3 heterocycles. The summed E-state index contributed by atoms with van der Waals surface area (Å²) in [5.74, 6) is 0.483. The van der Waals surface area contributed by atoms with Crippen molar-refractivity contribution in [3.05, 3.63) is 48.0 Å². The van der Waals surface area contributed by atoms with Crippen molar-refractivity contribution in [1.29, 1.82) is 0 Å². The number of urea groups is 1. The van der Waals surface area contributed by atoms with Crippen molar-refractivity contribution in [3.8, 4) is 0 Å². The first-order chi connectivity index (χ1) is 16.1. The van der Waals surface area contributed by atoms with Gasteiger partial charge in [0.15, 0.2) is 18.2 Å². The minimum absolute atomic E-state index is 0.299.